The van der Waals surface area contributed by atoms with Crippen LogP contribution in [0.3, 0.4) is 0 Å². The first-order valence-corrected chi connectivity index (χ1v) is 11.3. The summed E-state index contributed by atoms with van der Waals surface area (Å²) in [6.45, 7) is 1.55. The molecule has 0 radical (unpaired) electrons. The van der Waals surface area contributed by atoms with Gasteiger partial charge < -0.3 is 9.84 Å². The van der Waals surface area contributed by atoms with Crippen molar-refractivity contribution in [1.82, 2.24) is 4.41 Å². The summed E-state index contributed by atoms with van der Waals surface area (Å²) in [7, 11) is -4.63. The summed E-state index contributed by atoms with van der Waals surface area (Å²) < 4.78 is 32.4. The van der Waals surface area contributed by atoms with Gasteiger partial charge in [-0.2, -0.15) is 12.8 Å². The number of ether oxygens (including phenoxy) is 1. The third-order valence-electron chi connectivity index (χ3n) is 5.68. The number of non-ortho nitro benzene ring substituents is 1. The molecule has 0 aromatic heterocycles. The van der Waals surface area contributed by atoms with Crippen LogP contribution in [0.5, 0.6) is 0 Å². The zero-order valence-corrected chi connectivity index (χ0v) is 17.8. The second-order valence-electron chi connectivity index (χ2n) is 7.42. The number of fused-ring (bicyclic) bond motifs is 3. The Morgan fingerprint density at radius 3 is 2.56 bits per heavy atom. The molecule has 0 N–H and O–H groups in total. The lowest BCUT2D eigenvalue weighted by molar-refractivity contribution is -0.527. The van der Waals surface area contributed by atoms with Crippen LogP contribution >= 0.6 is 0 Å². The normalized spacial score (nSPS) is 24.4. The van der Waals surface area contributed by atoms with E-state index in [2.05, 4.69) is 10.3 Å². The van der Waals surface area contributed by atoms with Gasteiger partial charge in [0.2, 0.25) is 0 Å². The van der Waals surface area contributed by atoms with Crippen molar-refractivity contribution in [2.75, 3.05) is 6.61 Å². The largest absolute Gasteiger partial charge is 0.826 e. The number of hydrogen-bond donors (Lipinski definition) is 0. The van der Waals surface area contributed by atoms with Gasteiger partial charge in [0.15, 0.2) is 5.54 Å². The van der Waals surface area contributed by atoms with Crippen LogP contribution in [0.2, 0.25) is 0 Å². The summed E-state index contributed by atoms with van der Waals surface area (Å²) in [6, 6.07) is 10.5. The highest BCUT2D eigenvalue weighted by Crippen LogP contribution is 2.51. The van der Waals surface area contributed by atoms with Crippen LogP contribution in [-0.2, 0) is 31.7 Å². The molecule has 0 saturated carbocycles. The lowest BCUT2D eigenvalue weighted by atomic mass is 9.80. The Balaban J connectivity index is 1.92. The smallest absolute Gasteiger partial charge is 0.337 e. The number of sulfonamides is 1. The fourth-order valence-corrected chi connectivity index (χ4v) is 5.54. The molecule has 11 nitrogen and oxygen atoms in total. The third-order valence-corrected chi connectivity index (χ3v) is 7.33. The Bertz CT molecular complexity index is 1210. The Labute approximate surface area is 183 Å². The van der Waals surface area contributed by atoms with Gasteiger partial charge in [-0.05, 0) is 49.4 Å². The van der Waals surface area contributed by atoms with Gasteiger partial charge in [0.25, 0.3) is 15.7 Å². The second-order valence-corrected chi connectivity index (χ2v) is 9.19. The average molecular weight is 459 g/mol. The van der Waals surface area contributed by atoms with Crippen LogP contribution in [0.1, 0.15) is 30.9 Å². The van der Waals surface area contributed by atoms with Crippen molar-refractivity contribution in [1.29, 1.82) is 0 Å². The molecule has 2 unspecified atom stereocenters. The summed E-state index contributed by atoms with van der Waals surface area (Å²) in [5.74, 6) is -0.947. The van der Waals surface area contributed by atoms with Gasteiger partial charge in [-0.25, -0.2) is 4.79 Å². The SMILES string of the molecule is CCOC(=O)C12CCCc3ccccc3C1([O-])N(S(=O)(=O)c1ccc([N+](=O)[O-])cc1)N=N2. The lowest BCUT2D eigenvalue weighted by Gasteiger charge is -2.49. The van der Waals surface area contributed by atoms with Crippen molar-refractivity contribution in [3.05, 3.63) is 69.8 Å². The molecule has 2 aromatic carbocycles. The van der Waals surface area contributed by atoms with Gasteiger partial charge >= 0.3 is 5.97 Å². The predicted molar refractivity (Wildman–Crippen MR) is 107 cm³/mol. The van der Waals surface area contributed by atoms with E-state index < -0.39 is 37.1 Å². The summed E-state index contributed by atoms with van der Waals surface area (Å²) >= 11 is 0. The maximum atomic E-state index is 14.6. The summed E-state index contributed by atoms with van der Waals surface area (Å²) in [6.07, 6.45) is 0.784. The summed E-state index contributed by atoms with van der Waals surface area (Å²) in [5.41, 5.74) is -4.49. The number of nitro groups is 1. The fourth-order valence-electron chi connectivity index (χ4n) is 4.14. The number of esters is 1. The van der Waals surface area contributed by atoms with E-state index in [1.54, 1.807) is 25.1 Å². The standard InChI is InChI=1S/C20H19N4O7S/c1-2-31-18(25)19-13-5-7-14-6-3-4-8-17(14)20(19,26)24(22-21-19)32(29,30)16-11-9-15(10-12-16)23(27)28/h3-4,6,8-12H,2,5,7,13H2,1H3/q-1. The monoisotopic (exact) mass is 459 g/mol. The molecule has 0 amide bonds. The zero-order valence-electron chi connectivity index (χ0n) is 17.0. The molecule has 2 aromatic rings. The van der Waals surface area contributed by atoms with Crippen molar-refractivity contribution >= 4 is 21.7 Å². The minimum Gasteiger partial charge on any atom is -0.826 e. The number of nitro benzene ring substituents is 1. The molecule has 168 valence electrons. The lowest BCUT2D eigenvalue weighted by Crippen LogP contribution is -2.68. The van der Waals surface area contributed by atoms with Crippen LogP contribution in [0.15, 0.2) is 63.8 Å². The molecule has 0 spiro atoms. The van der Waals surface area contributed by atoms with Crippen LogP contribution in [-0.4, -0.2) is 35.9 Å². The van der Waals surface area contributed by atoms with Gasteiger partial charge in [-0.1, -0.05) is 29.5 Å². The number of hydrogen-bond acceptors (Lipinski definition) is 9. The number of nitrogens with zero attached hydrogens (tertiary/aromatic N) is 4. The maximum Gasteiger partial charge on any atom is 0.337 e. The molecule has 1 aliphatic heterocycles. The van der Waals surface area contributed by atoms with E-state index in [-0.39, 0.29) is 24.3 Å². The van der Waals surface area contributed by atoms with Crippen molar-refractivity contribution in [3.8, 4) is 0 Å². The van der Waals surface area contributed by atoms with Gasteiger partial charge in [0.05, 0.1) is 22.2 Å². The van der Waals surface area contributed by atoms with Crippen molar-refractivity contribution in [3.63, 3.8) is 0 Å². The molecule has 0 fully saturated rings. The van der Waals surface area contributed by atoms with Gasteiger partial charge in [-0.3, -0.25) is 10.1 Å². The third kappa shape index (κ3) is 2.98. The molecule has 0 saturated heterocycles. The zero-order chi connectivity index (χ0) is 23.1. The number of aryl methyl sites for hydroxylation is 1. The quantitative estimate of drug-likeness (QED) is 0.375. The first kappa shape index (κ1) is 21.8. The van der Waals surface area contributed by atoms with Gasteiger partial charge in [0.1, 0.15) is 0 Å². The van der Waals surface area contributed by atoms with Crippen molar-refractivity contribution in [2.45, 2.75) is 42.3 Å². The van der Waals surface area contributed by atoms with E-state index >= 15 is 0 Å². The van der Waals surface area contributed by atoms with Crippen LogP contribution in [0.4, 0.5) is 5.69 Å². The minimum absolute atomic E-state index is 0.0249. The van der Waals surface area contributed by atoms with E-state index in [1.165, 1.54) is 6.07 Å². The fraction of sp³-hybridized carbons (Fsp3) is 0.350. The van der Waals surface area contributed by atoms with E-state index in [1.807, 2.05) is 0 Å². The Kier molecular flexibility index (Phi) is 5.21. The average Bonchev–Trinajstić information content (AvgIpc) is 3.02. The molecule has 0 bridgehead atoms. The van der Waals surface area contributed by atoms with E-state index in [4.69, 9.17) is 4.74 Å². The molecule has 1 aliphatic carbocycles. The topological polar surface area (TPSA) is 155 Å². The molecule has 4 rings (SSSR count). The Hall–Kier alpha value is -3.38. The molecule has 32 heavy (non-hydrogen) atoms. The van der Waals surface area contributed by atoms with Crippen LogP contribution in [0.25, 0.3) is 0 Å². The first-order valence-electron chi connectivity index (χ1n) is 9.87. The molecule has 12 heteroatoms. The highest BCUT2D eigenvalue weighted by Gasteiger charge is 2.63. The second kappa shape index (κ2) is 7.64. The highest BCUT2D eigenvalue weighted by atomic mass is 32.2. The molecule has 1 heterocycles. The van der Waals surface area contributed by atoms with Crippen LogP contribution in [0, 0.1) is 10.1 Å². The summed E-state index contributed by atoms with van der Waals surface area (Å²) in [5, 5.41) is 33.2. The summed E-state index contributed by atoms with van der Waals surface area (Å²) in [4.78, 5) is 22.9. The van der Waals surface area contributed by atoms with Crippen LogP contribution < -0.4 is 5.11 Å². The molecule has 2 aliphatic rings. The first-order chi connectivity index (χ1) is 15.2. The highest BCUT2D eigenvalue weighted by molar-refractivity contribution is 7.89. The predicted octanol–water partition coefficient (Wildman–Crippen LogP) is 1.82. The number of rotatable bonds is 5. The number of carbonyl (C=O) groups excluding carboxylic acids is 1. The van der Waals surface area contributed by atoms with Crippen molar-refractivity contribution in [2.24, 2.45) is 10.3 Å². The van der Waals surface area contributed by atoms with Gasteiger partial charge in [-0.15, -0.1) is 5.11 Å². The Morgan fingerprint density at radius 1 is 1.22 bits per heavy atom. The molecule has 2 atom stereocenters. The number of carbonyl (C=O) groups is 1. The Morgan fingerprint density at radius 2 is 1.91 bits per heavy atom. The van der Waals surface area contributed by atoms with E-state index in [0.717, 1.165) is 24.3 Å². The van der Waals surface area contributed by atoms with E-state index in [0.29, 0.717) is 22.8 Å². The number of benzene rings is 2. The molecular weight excluding hydrogens is 440 g/mol. The maximum absolute atomic E-state index is 14.6. The molecular formula is C20H19N4O7S-. The van der Waals surface area contributed by atoms with Crippen molar-refractivity contribution < 1.29 is 28.0 Å². The van der Waals surface area contributed by atoms with Gasteiger partial charge in [0, 0.05) is 12.1 Å². The van der Waals surface area contributed by atoms with E-state index in [9.17, 15) is 28.4 Å². The minimum atomic E-state index is -4.63.